The molecule has 0 atom stereocenters. The Hall–Kier alpha value is -0.730. The van der Waals surface area contributed by atoms with E-state index in [0.717, 1.165) is 25.9 Å². The van der Waals surface area contributed by atoms with Gasteiger partial charge in [-0.2, -0.15) is 0 Å². The number of amides is 2. The van der Waals surface area contributed by atoms with E-state index in [0.29, 0.717) is 0 Å². The molecule has 1 rings (SSSR count). The van der Waals surface area contributed by atoms with Gasteiger partial charge in [0.25, 0.3) is 0 Å². The van der Waals surface area contributed by atoms with Crippen molar-refractivity contribution < 1.29 is 4.79 Å². The molecule has 88 valence electrons. The second-order valence-corrected chi connectivity index (χ2v) is 4.36. The van der Waals surface area contributed by atoms with Gasteiger partial charge in [-0.05, 0) is 12.8 Å². The van der Waals surface area contributed by atoms with Crippen LogP contribution in [0, 0.1) is 0 Å². The summed E-state index contributed by atoms with van der Waals surface area (Å²) in [5.74, 6) is 0. The van der Waals surface area contributed by atoms with E-state index < -0.39 is 0 Å². The van der Waals surface area contributed by atoms with Gasteiger partial charge >= 0.3 is 6.03 Å². The van der Waals surface area contributed by atoms with E-state index in [-0.39, 0.29) is 6.03 Å². The largest absolute Gasteiger partial charge is 0.338 e. The Labute approximate surface area is 93.0 Å². The molecule has 0 saturated carbocycles. The second-order valence-electron chi connectivity index (χ2n) is 4.36. The topological polar surface area (TPSA) is 41.1 Å². The fourth-order valence-electron chi connectivity index (χ4n) is 1.95. The van der Waals surface area contributed by atoms with Gasteiger partial charge in [-0.3, -0.25) is 0 Å². The van der Waals surface area contributed by atoms with Crippen molar-refractivity contribution >= 4 is 6.03 Å². The second kappa shape index (κ2) is 8.57. The molecule has 0 radical (unpaired) electrons. The molecule has 1 aliphatic rings. The van der Waals surface area contributed by atoms with Crippen LogP contribution in [0.15, 0.2) is 0 Å². The first-order valence-electron chi connectivity index (χ1n) is 6.41. The van der Waals surface area contributed by atoms with E-state index in [4.69, 9.17) is 0 Å². The van der Waals surface area contributed by atoms with Crippen molar-refractivity contribution in [2.75, 3.05) is 13.1 Å². The number of hydrogen-bond acceptors (Lipinski definition) is 1. The molecular formula is C12H24N2O. The van der Waals surface area contributed by atoms with Gasteiger partial charge in [-0.25, -0.2) is 4.79 Å². The van der Waals surface area contributed by atoms with E-state index in [9.17, 15) is 4.79 Å². The molecule has 1 heterocycles. The Bertz CT molecular complexity index is 155. The van der Waals surface area contributed by atoms with Crippen molar-refractivity contribution in [1.82, 2.24) is 10.6 Å². The Morgan fingerprint density at radius 1 is 0.600 bits per heavy atom. The summed E-state index contributed by atoms with van der Waals surface area (Å²) in [5, 5.41) is 5.77. The standard InChI is InChI=1S/C12H24N2O/c15-12-13-10-8-6-4-2-1-3-5-7-9-11-14-12/h1-11H2,(H2,13,14,15). The highest BCUT2D eigenvalue weighted by Gasteiger charge is 1.99. The predicted octanol–water partition coefficient (Wildman–Crippen LogP) is 2.81. The maximum Gasteiger partial charge on any atom is 0.314 e. The molecule has 1 fully saturated rings. The van der Waals surface area contributed by atoms with E-state index in [2.05, 4.69) is 10.6 Å². The van der Waals surface area contributed by atoms with E-state index in [1.807, 2.05) is 0 Å². The van der Waals surface area contributed by atoms with Crippen LogP contribution in [0.1, 0.15) is 57.8 Å². The molecule has 0 spiro atoms. The SMILES string of the molecule is O=C1NCCCCCCCCCCCN1. The van der Waals surface area contributed by atoms with Crippen LogP contribution in [0.25, 0.3) is 0 Å². The van der Waals surface area contributed by atoms with Crippen molar-refractivity contribution in [1.29, 1.82) is 0 Å². The third-order valence-corrected chi connectivity index (χ3v) is 2.92. The number of nitrogens with one attached hydrogen (secondary N) is 2. The van der Waals surface area contributed by atoms with Crippen molar-refractivity contribution in [3.63, 3.8) is 0 Å². The minimum Gasteiger partial charge on any atom is -0.338 e. The summed E-state index contributed by atoms with van der Waals surface area (Å²) < 4.78 is 0. The minimum absolute atomic E-state index is 0.00654. The number of carbonyl (C=O) groups is 1. The molecule has 0 bridgehead atoms. The summed E-state index contributed by atoms with van der Waals surface area (Å²) in [6.45, 7) is 1.65. The summed E-state index contributed by atoms with van der Waals surface area (Å²) in [4.78, 5) is 11.2. The lowest BCUT2D eigenvalue weighted by Crippen LogP contribution is -2.36. The fourth-order valence-corrected chi connectivity index (χ4v) is 1.95. The van der Waals surface area contributed by atoms with Gasteiger partial charge < -0.3 is 10.6 Å². The molecule has 3 heteroatoms. The smallest absolute Gasteiger partial charge is 0.314 e. The molecular weight excluding hydrogens is 188 g/mol. The molecule has 0 aliphatic carbocycles. The lowest BCUT2D eigenvalue weighted by Gasteiger charge is -2.09. The summed E-state index contributed by atoms with van der Waals surface area (Å²) in [7, 11) is 0. The maximum atomic E-state index is 11.2. The van der Waals surface area contributed by atoms with Gasteiger partial charge in [0, 0.05) is 13.1 Å². The third kappa shape index (κ3) is 7.23. The zero-order chi connectivity index (χ0) is 10.8. The molecule has 1 saturated heterocycles. The molecule has 2 amide bonds. The fraction of sp³-hybridized carbons (Fsp3) is 0.917. The van der Waals surface area contributed by atoms with Crippen molar-refractivity contribution in [3.05, 3.63) is 0 Å². The summed E-state index contributed by atoms with van der Waals surface area (Å²) >= 11 is 0. The van der Waals surface area contributed by atoms with Gasteiger partial charge in [0.15, 0.2) is 0 Å². The number of rotatable bonds is 0. The Balaban J connectivity index is 2.13. The summed E-state index contributed by atoms with van der Waals surface area (Å²) in [5.41, 5.74) is 0. The highest BCUT2D eigenvalue weighted by Crippen LogP contribution is 2.09. The van der Waals surface area contributed by atoms with Crippen LogP contribution in [0.2, 0.25) is 0 Å². The monoisotopic (exact) mass is 212 g/mol. The van der Waals surface area contributed by atoms with Gasteiger partial charge in [-0.15, -0.1) is 0 Å². The van der Waals surface area contributed by atoms with Crippen LogP contribution in [-0.4, -0.2) is 19.1 Å². The molecule has 0 aromatic carbocycles. The highest BCUT2D eigenvalue weighted by molar-refractivity contribution is 5.73. The Morgan fingerprint density at radius 2 is 0.933 bits per heavy atom. The van der Waals surface area contributed by atoms with Gasteiger partial charge in [0.05, 0.1) is 0 Å². The van der Waals surface area contributed by atoms with Crippen LogP contribution in [0.5, 0.6) is 0 Å². The molecule has 0 aromatic heterocycles. The molecule has 2 N–H and O–H groups in total. The van der Waals surface area contributed by atoms with Crippen LogP contribution in [-0.2, 0) is 0 Å². The normalized spacial score (nSPS) is 22.3. The van der Waals surface area contributed by atoms with Crippen molar-refractivity contribution in [2.45, 2.75) is 57.8 Å². The van der Waals surface area contributed by atoms with Gasteiger partial charge in [0.1, 0.15) is 0 Å². The number of carbonyl (C=O) groups excluding carboxylic acids is 1. The van der Waals surface area contributed by atoms with Crippen LogP contribution in [0.3, 0.4) is 0 Å². The van der Waals surface area contributed by atoms with Crippen LogP contribution >= 0.6 is 0 Å². The summed E-state index contributed by atoms with van der Waals surface area (Å²) in [6.07, 6.45) is 11.5. The molecule has 15 heavy (non-hydrogen) atoms. The molecule has 0 unspecified atom stereocenters. The Morgan fingerprint density at radius 3 is 1.33 bits per heavy atom. The lowest BCUT2D eigenvalue weighted by atomic mass is 10.1. The van der Waals surface area contributed by atoms with Crippen LogP contribution in [0.4, 0.5) is 4.79 Å². The zero-order valence-electron chi connectivity index (χ0n) is 9.69. The Kier molecular flexibility index (Phi) is 7.05. The first kappa shape index (κ1) is 12.3. The summed E-state index contributed by atoms with van der Waals surface area (Å²) in [6, 6.07) is 0.00654. The van der Waals surface area contributed by atoms with Gasteiger partial charge in [-0.1, -0.05) is 44.9 Å². The molecule has 0 aromatic rings. The molecule has 3 nitrogen and oxygen atoms in total. The first-order valence-corrected chi connectivity index (χ1v) is 6.41. The average Bonchev–Trinajstić information content (AvgIpc) is 2.24. The zero-order valence-corrected chi connectivity index (χ0v) is 9.69. The van der Waals surface area contributed by atoms with Crippen molar-refractivity contribution in [3.8, 4) is 0 Å². The van der Waals surface area contributed by atoms with E-state index in [1.54, 1.807) is 0 Å². The minimum atomic E-state index is 0.00654. The quantitative estimate of drug-likeness (QED) is 0.637. The maximum absolute atomic E-state index is 11.2. The predicted molar refractivity (Wildman–Crippen MR) is 63.0 cm³/mol. The van der Waals surface area contributed by atoms with E-state index >= 15 is 0 Å². The average molecular weight is 212 g/mol. The number of urea groups is 1. The van der Waals surface area contributed by atoms with Crippen molar-refractivity contribution in [2.24, 2.45) is 0 Å². The number of hydrogen-bond donors (Lipinski definition) is 2. The lowest BCUT2D eigenvalue weighted by molar-refractivity contribution is 0.240. The first-order chi connectivity index (χ1) is 7.39. The van der Waals surface area contributed by atoms with Crippen LogP contribution < -0.4 is 10.6 Å². The molecule has 1 aliphatic heterocycles. The van der Waals surface area contributed by atoms with Gasteiger partial charge in [0.2, 0.25) is 0 Å². The third-order valence-electron chi connectivity index (χ3n) is 2.92. The highest BCUT2D eigenvalue weighted by atomic mass is 16.2. The van der Waals surface area contributed by atoms with E-state index in [1.165, 1.54) is 44.9 Å².